The summed E-state index contributed by atoms with van der Waals surface area (Å²) in [5.74, 6) is -11.3. The van der Waals surface area contributed by atoms with Gasteiger partial charge in [0.25, 0.3) is 11.2 Å². The molecule has 0 spiro atoms. The minimum absolute atomic E-state index is 0. The molecule has 788 valence electrons. The summed E-state index contributed by atoms with van der Waals surface area (Å²) in [6.45, 7) is 39.7. The van der Waals surface area contributed by atoms with E-state index >= 15 is 0 Å². The van der Waals surface area contributed by atoms with Crippen LogP contribution < -0.4 is 73.1 Å². The number of ether oxygens (including phenoxy) is 7. The fourth-order valence-corrected chi connectivity index (χ4v) is 11.3. The Kier molecular flexibility index (Phi) is 74.1. The molecule has 60 heteroatoms. The topological polar surface area (TPSA) is 128 Å². The van der Waals surface area contributed by atoms with Crippen molar-refractivity contribution in [2.24, 2.45) is 27.1 Å². The zero-order chi connectivity index (χ0) is 106. The molecule has 0 amide bonds. The van der Waals surface area contributed by atoms with Gasteiger partial charge in [0.1, 0.15) is 12.0 Å². The van der Waals surface area contributed by atoms with Crippen molar-refractivity contribution in [2.45, 2.75) is 215 Å². The second kappa shape index (κ2) is 61.7. The smallest absolute Gasteiger partial charge is 1.00 e. The quantitative estimate of drug-likeness (QED) is 0.0270. The van der Waals surface area contributed by atoms with Crippen molar-refractivity contribution in [1.29, 1.82) is 0 Å². The van der Waals surface area contributed by atoms with E-state index in [1.165, 1.54) is 44.8 Å². The predicted octanol–water partition coefficient (Wildman–Crippen LogP) is 20.1. The molecule has 3 rings (SSSR count). The van der Waals surface area contributed by atoms with Crippen molar-refractivity contribution in [2.75, 3.05) is 62.3 Å². The standard InChI is InChI=1S/C12H17F9O2Si.C11H14F6O.C9H7F9O.C8H5F9O.C8H8F6O2.C8H8.C5H8O3.C4H9F3Si.C3H8O.C2H6.C2H3.CH3Cl.CH4.BrH.FH.K.Mg/c1-6-7-8(10(13,14)15,11(16,17)18)9(22-2,12(19,20)21)23-24(3,4)5;1-5-7-8(3,10(12,13)14)9(6-2,18-4)11(15,16)17;1-19-6(9(16,17)18)4-2-3-5(6,7(10,11)12)8(13,14)15;9-6(10,11)4(7(12,13)14)2-1-3-5(4,18)8(15,16)17;1-3-4-6(5(15)16-2,7(9,10)11)8(12,13)14;1-2-8-6-4-3-5-7-8;1-3-4-8-5(6)7-2;1-8(2,3)4(5,6)7;1-3-4-2;3*1-2;;;;;/h6H,1,7H2,2-5H3;5-6H,1-2,7H2,3-4H3;2,4H,3H2,1H3;1,3,18H,2H2;3H,1,4H2,2H3;2-7H,1H2;3H,1,4H2,2H3;1-3H3;3H2,1-2H3;1-2H3;1H,2H2;1H3;1H4;2*1H;;/q;;;;;;;;;;-1;;;;;+1;+2/p-1. The first-order valence-electron chi connectivity index (χ1n) is 34.4. The Morgan fingerprint density at radius 3 is 1.01 bits per heavy atom. The number of carbonyl (C=O) groups is 2. The first-order valence-corrected chi connectivity index (χ1v) is 42.0. The van der Waals surface area contributed by atoms with Crippen molar-refractivity contribution >= 4 is 69.2 Å². The van der Waals surface area contributed by atoms with Crippen LogP contribution in [0.5, 0.6) is 0 Å². The average molecular weight is 2220 g/mol. The maximum absolute atomic E-state index is 13.5. The molecular weight excluding hydrogens is 2120 g/mol. The van der Waals surface area contributed by atoms with Crippen LogP contribution >= 0.6 is 11.6 Å². The van der Waals surface area contributed by atoms with Gasteiger partial charge in [0.05, 0.1) is 14.2 Å². The van der Waals surface area contributed by atoms with Gasteiger partial charge in [0.2, 0.25) is 27.4 Å². The van der Waals surface area contributed by atoms with Gasteiger partial charge in [-0.3, -0.25) is 11.4 Å². The number of aliphatic hydroxyl groups is 1. The maximum atomic E-state index is 13.5. The second-order valence-electron chi connectivity index (χ2n) is 26.5. The van der Waals surface area contributed by atoms with Crippen LogP contribution in [0.1, 0.15) is 74.2 Å². The van der Waals surface area contributed by atoms with Crippen LogP contribution in [0.2, 0.25) is 39.3 Å². The monoisotopic (exact) mass is 2220 g/mol. The van der Waals surface area contributed by atoms with E-state index in [0.29, 0.717) is 27.2 Å². The number of alkyl halides is 43. The molecule has 5 atom stereocenters. The molecule has 2 aliphatic rings. The normalized spacial score (nSPS) is 17.4. The van der Waals surface area contributed by atoms with Gasteiger partial charge in [-0.1, -0.05) is 140 Å². The SMILES string of the molecule is C.C=CCC(C(=O)OC)(C(F)(F)F)C(F)(F)F.C=CCC(C(F)(F)F)(C(F)(F)F)C(OC)(O[Si](C)(C)C)C(F)(F)F.C=CCC(C)(C(F)(F)F)C(C=C)(OC)C(F)(F)F.C=CCOC(=O)OC.C=Cc1ccccc1.CC.CCOC.CCl.COC1(C(F)(F)F)C=CCC1(C(F)(F)F)C(F)(F)F.C[Si](C)(C)C(F)(F)F.OC1(C(F)(F)F)C=CCC1(C(F)(F)F)C(F)(F)F.[Br-].[CH-]=C.[F-].[H+].[K+].[Mg+2]. The van der Waals surface area contributed by atoms with Crippen LogP contribution in [-0.2, 0) is 42.4 Å². The van der Waals surface area contributed by atoms with E-state index in [-0.39, 0.29) is 156 Å². The Hall–Kier alpha value is -4.02. The third kappa shape index (κ3) is 39.4. The van der Waals surface area contributed by atoms with E-state index in [1.807, 2.05) is 57.2 Å². The number of halogens is 45. The van der Waals surface area contributed by atoms with E-state index in [9.17, 15) is 194 Å². The Bertz CT molecular complexity index is 3450. The van der Waals surface area contributed by atoms with E-state index in [2.05, 4.69) is 102 Å². The summed E-state index contributed by atoms with van der Waals surface area (Å²) in [4.78, 5) is 20.9. The number of hydrogen-bond acceptors (Lipinski definition) is 11. The molecule has 1 aromatic rings. The first-order chi connectivity index (χ1) is 57.2. The molecule has 5 unspecified atom stereocenters. The third-order valence-corrected chi connectivity index (χ3v) is 19.3. The molecule has 1 aromatic carbocycles. The van der Waals surface area contributed by atoms with Crippen molar-refractivity contribution in [3.8, 4) is 0 Å². The van der Waals surface area contributed by atoms with Gasteiger partial charge < -0.3 is 71.0 Å². The van der Waals surface area contributed by atoms with Crippen LogP contribution in [0.15, 0.2) is 131 Å². The predicted molar refractivity (Wildman–Crippen MR) is 408 cm³/mol. The van der Waals surface area contributed by atoms with Crippen LogP contribution in [0.4, 0.5) is 189 Å². The molecule has 0 fully saturated rings. The number of hydrogen-bond donors (Lipinski definition) is 1. The van der Waals surface area contributed by atoms with Gasteiger partial charge in [0.15, 0.2) is 22.0 Å². The molecule has 0 aliphatic heterocycles. The molecule has 11 nitrogen and oxygen atoms in total. The number of allylic oxidation sites excluding steroid dienone is 5. The largest absolute Gasteiger partial charge is 2.00 e. The number of rotatable bonds is 19. The Morgan fingerprint density at radius 2 is 0.836 bits per heavy atom. The molecule has 1 N–H and O–H groups in total. The summed E-state index contributed by atoms with van der Waals surface area (Å²) in [5, 5.41) is 8.96. The minimum atomic E-state index is -6.38. The van der Waals surface area contributed by atoms with Gasteiger partial charge in [0, 0.05) is 41.4 Å². The van der Waals surface area contributed by atoms with Crippen LogP contribution in [-0.4, -0.2) is 228 Å². The Morgan fingerprint density at radius 1 is 0.500 bits per heavy atom. The third-order valence-electron chi connectivity index (χ3n) is 16.7. The summed E-state index contributed by atoms with van der Waals surface area (Å²) in [6.07, 6.45) is -81.5. The molecule has 0 saturated carbocycles. The van der Waals surface area contributed by atoms with Crippen molar-refractivity contribution < 1.29 is 311 Å². The summed E-state index contributed by atoms with van der Waals surface area (Å²) in [7, 11) is -2.23. The van der Waals surface area contributed by atoms with Gasteiger partial charge in [-0.25, -0.2) is 4.79 Å². The van der Waals surface area contributed by atoms with Crippen molar-refractivity contribution in [3.63, 3.8) is 0 Å². The number of carbonyl (C=O) groups excluding carboxylic acids is 2. The van der Waals surface area contributed by atoms with Gasteiger partial charge in [-0.2, -0.15) is 184 Å². The second-order valence-corrected chi connectivity index (χ2v) is 36.0. The number of methoxy groups -OCH3 is 6. The summed E-state index contributed by atoms with van der Waals surface area (Å²) >= 11 is 4.64. The average Bonchev–Trinajstić information content (AvgIpc) is 0.865. The first kappa shape index (κ1) is 161. The fourth-order valence-electron chi connectivity index (χ4n) is 10.1. The fraction of sp³-hybridized carbons (Fsp3) is 0.649. The molecule has 0 aromatic heterocycles. The Labute approximate surface area is 822 Å². The van der Waals surface area contributed by atoms with Crippen molar-refractivity contribution in [3.05, 3.63) is 143 Å². The summed E-state index contributed by atoms with van der Waals surface area (Å²) in [5.41, 5.74) is -35.3. The van der Waals surface area contributed by atoms with Gasteiger partial charge >= 0.3 is 174 Å². The minimum Gasteiger partial charge on any atom is -1.00 e. The molecular formula is C74H101BrClF43KMgO11Si2+. The molecule has 2 aliphatic carbocycles. The maximum Gasteiger partial charge on any atom is 2.00 e. The molecule has 0 heterocycles. The molecule has 0 bridgehead atoms. The van der Waals surface area contributed by atoms with Crippen LogP contribution in [0, 0.1) is 33.7 Å². The van der Waals surface area contributed by atoms with E-state index in [0.717, 1.165) is 32.3 Å². The number of benzene rings is 1. The zero-order valence-corrected chi connectivity index (χ0v) is 82.3. The van der Waals surface area contributed by atoms with Gasteiger partial charge in [-0.15, -0.1) is 31.3 Å². The van der Waals surface area contributed by atoms with Crippen molar-refractivity contribution in [1.82, 2.24) is 0 Å². The molecule has 134 heavy (non-hydrogen) atoms. The Balaban J connectivity index is -0.0000000937. The summed E-state index contributed by atoms with van der Waals surface area (Å²) < 4.78 is 569. The molecule has 0 radical (unpaired) electrons. The summed E-state index contributed by atoms with van der Waals surface area (Å²) in [6, 6.07) is 10.0. The number of esters is 1. The van der Waals surface area contributed by atoms with Gasteiger partial charge in [-0.05, 0) is 83.3 Å². The molecule has 0 saturated heterocycles. The van der Waals surface area contributed by atoms with E-state index in [1.54, 1.807) is 7.11 Å². The van der Waals surface area contributed by atoms with E-state index < -0.39 is 202 Å². The van der Waals surface area contributed by atoms with Crippen LogP contribution in [0.25, 0.3) is 6.08 Å². The zero-order valence-electron chi connectivity index (χ0n) is 74.4. The van der Waals surface area contributed by atoms with Crippen LogP contribution in [0.3, 0.4) is 0 Å². The van der Waals surface area contributed by atoms with E-state index in [4.69, 9.17) is 5.11 Å².